The van der Waals surface area contributed by atoms with Crippen LogP contribution in [0.5, 0.6) is 5.75 Å². The predicted octanol–water partition coefficient (Wildman–Crippen LogP) is 3.84. The van der Waals surface area contributed by atoms with Crippen molar-refractivity contribution in [2.45, 2.75) is 13.3 Å². The molecule has 0 saturated heterocycles. The Kier molecular flexibility index (Phi) is 4.67. The third-order valence-electron chi connectivity index (χ3n) is 3.13. The van der Waals surface area contributed by atoms with Crippen LogP contribution in [0.1, 0.15) is 33.2 Å². The van der Waals surface area contributed by atoms with E-state index in [9.17, 15) is 9.59 Å². The molecule has 0 aliphatic rings. The SMILES string of the molecule is C=CC(=O)c1ccc(OC(=O)c2ccc(CC)cc2)cc1. The van der Waals surface area contributed by atoms with Gasteiger partial charge in [0.25, 0.3) is 0 Å². The number of esters is 1. The van der Waals surface area contributed by atoms with Gasteiger partial charge in [0.1, 0.15) is 5.75 Å². The number of benzene rings is 2. The van der Waals surface area contributed by atoms with Crippen molar-refractivity contribution in [3.05, 3.63) is 77.9 Å². The highest BCUT2D eigenvalue weighted by molar-refractivity contribution is 6.04. The summed E-state index contributed by atoms with van der Waals surface area (Å²) in [5.41, 5.74) is 2.18. The smallest absolute Gasteiger partial charge is 0.343 e. The van der Waals surface area contributed by atoms with Crippen molar-refractivity contribution in [3.8, 4) is 5.75 Å². The fraction of sp³-hybridized carbons (Fsp3) is 0.111. The van der Waals surface area contributed by atoms with Crippen LogP contribution in [-0.2, 0) is 6.42 Å². The average molecular weight is 280 g/mol. The fourth-order valence-corrected chi connectivity index (χ4v) is 1.85. The van der Waals surface area contributed by atoms with Crippen LogP contribution < -0.4 is 4.74 Å². The van der Waals surface area contributed by atoms with Crippen molar-refractivity contribution in [2.24, 2.45) is 0 Å². The standard InChI is InChI=1S/C18H16O3/c1-3-13-5-7-15(8-6-13)18(20)21-16-11-9-14(10-12-16)17(19)4-2/h4-12H,2-3H2,1H3. The van der Waals surface area contributed by atoms with E-state index in [0.717, 1.165) is 6.42 Å². The predicted molar refractivity (Wildman–Crippen MR) is 81.7 cm³/mol. The third kappa shape index (κ3) is 3.66. The van der Waals surface area contributed by atoms with E-state index in [2.05, 4.69) is 13.5 Å². The first-order valence-electron chi connectivity index (χ1n) is 6.72. The molecule has 0 aromatic heterocycles. The summed E-state index contributed by atoms with van der Waals surface area (Å²) < 4.78 is 5.27. The summed E-state index contributed by atoms with van der Waals surface area (Å²) in [5, 5.41) is 0. The monoisotopic (exact) mass is 280 g/mol. The number of carbonyl (C=O) groups is 2. The van der Waals surface area contributed by atoms with Gasteiger partial charge in [0.15, 0.2) is 5.78 Å². The van der Waals surface area contributed by atoms with Gasteiger partial charge in [0.2, 0.25) is 0 Å². The van der Waals surface area contributed by atoms with Crippen molar-refractivity contribution >= 4 is 11.8 Å². The first-order chi connectivity index (χ1) is 10.1. The fourth-order valence-electron chi connectivity index (χ4n) is 1.85. The molecule has 0 aliphatic carbocycles. The van der Waals surface area contributed by atoms with Crippen molar-refractivity contribution in [2.75, 3.05) is 0 Å². The highest BCUT2D eigenvalue weighted by atomic mass is 16.5. The maximum Gasteiger partial charge on any atom is 0.343 e. The quantitative estimate of drug-likeness (QED) is 0.362. The molecule has 0 radical (unpaired) electrons. The second kappa shape index (κ2) is 6.66. The third-order valence-corrected chi connectivity index (χ3v) is 3.13. The van der Waals surface area contributed by atoms with Gasteiger partial charge in [-0.3, -0.25) is 4.79 Å². The molecule has 0 heterocycles. The molecule has 0 atom stereocenters. The molecule has 0 bridgehead atoms. The van der Waals surface area contributed by atoms with Crippen LogP contribution in [0.15, 0.2) is 61.2 Å². The van der Waals surface area contributed by atoms with Crippen molar-refractivity contribution in [1.82, 2.24) is 0 Å². The maximum absolute atomic E-state index is 12.0. The Morgan fingerprint density at radius 2 is 1.57 bits per heavy atom. The Morgan fingerprint density at radius 3 is 2.10 bits per heavy atom. The number of allylic oxidation sites excluding steroid dienone is 1. The number of rotatable bonds is 5. The van der Waals surface area contributed by atoms with E-state index in [4.69, 9.17) is 4.74 Å². The van der Waals surface area contributed by atoms with Crippen LogP contribution in [0.4, 0.5) is 0 Å². The van der Waals surface area contributed by atoms with Crippen LogP contribution in [-0.4, -0.2) is 11.8 Å². The number of aryl methyl sites for hydroxylation is 1. The number of carbonyl (C=O) groups excluding carboxylic acids is 2. The zero-order valence-electron chi connectivity index (χ0n) is 11.8. The molecule has 0 N–H and O–H groups in total. The van der Waals surface area contributed by atoms with Crippen molar-refractivity contribution < 1.29 is 14.3 Å². The van der Waals surface area contributed by atoms with Gasteiger partial charge in [-0.05, 0) is 54.5 Å². The Balaban J connectivity index is 2.08. The van der Waals surface area contributed by atoms with Crippen LogP contribution in [0, 0.1) is 0 Å². The molecule has 2 aromatic carbocycles. The molecule has 0 amide bonds. The molecule has 0 spiro atoms. The summed E-state index contributed by atoms with van der Waals surface area (Å²) in [6.45, 7) is 5.48. The van der Waals surface area contributed by atoms with Gasteiger partial charge in [-0.2, -0.15) is 0 Å². The van der Waals surface area contributed by atoms with E-state index in [1.54, 1.807) is 36.4 Å². The van der Waals surface area contributed by atoms with E-state index in [1.807, 2.05) is 12.1 Å². The van der Waals surface area contributed by atoms with Gasteiger partial charge in [-0.1, -0.05) is 25.6 Å². The molecule has 0 fully saturated rings. The molecule has 21 heavy (non-hydrogen) atoms. The molecule has 2 aromatic rings. The van der Waals surface area contributed by atoms with E-state index >= 15 is 0 Å². The maximum atomic E-state index is 12.0. The summed E-state index contributed by atoms with van der Waals surface area (Å²) in [5.74, 6) is -0.177. The first kappa shape index (κ1) is 14.7. The molecule has 3 heteroatoms. The molecular formula is C18H16O3. The second-order valence-corrected chi connectivity index (χ2v) is 4.53. The zero-order chi connectivity index (χ0) is 15.2. The normalized spacial score (nSPS) is 9.95. The van der Waals surface area contributed by atoms with Gasteiger partial charge >= 0.3 is 5.97 Å². The highest BCUT2D eigenvalue weighted by Gasteiger charge is 2.09. The number of hydrogen-bond donors (Lipinski definition) is 0. The molecule has 0 saturated carbocycles. The van der Waals surface area contributed by atoms with Gasteiger partial charge in [0, 0.05) is 5.56 Å². The lowest BCUT2D eigenvalue weighted by atomic mass is 10.1. The van der Waals surface area contributed by atoms with Crippen molar-refractivity contribution in [1.29, 1.82) is 0 Å². The highest BCUT2D eigenvalue weighted by Crippen LogP contribution is 2.15. The van der Waals surface area contributed by atoms with Gasteiger partial charge < -0.3 is 4.74 Å². The molecular weight excluding hydrogens is 264 g/mol. The zero-order valence-corrected chi connectivity index (χ0v) is 11.8. The molecule has 0 aliphatic heterocycles. The lowest BCUT2D eigenvalue weighted by Crippen LogP contribution is -2.08. The summed E-state index contributed by atoms with van der Waals surface area (Å²) in [4.78, 5) is 23.4. The van der Waals surface area contributed by atoms with Crippen molar-refractivity contribution in [3.63, 3.8) is 0 Å². The van der Waals surface area contributed by atoms with Crippen LogP contribution in [0.3, 0.4) is 0 Å². The Bertz CT molecular complexity index is 652. The topological polar surface area (TPSA) is 43.4 Å². The lowest BCUT2D eigenvalue weighted by Gasteiger charge is -2.05. The summed E-state index contributed by atoms with van der Waals surface area (Å²) in [7, 11) is 0. The molecule has 3 nitrogen and oxygen atoms in total. The average Bonchev–Trinajstić information content (AvgIpc) is 2.55. The minimum Gasteiger partial charge on any atom is -0.423 e. The summed E-state index contributed by atoms with van der Waals surface area (Å²) in [6, 6.07) is 13.7. The summed E-state index contributed by atoms with van der Waals surface area (Å²) >= 11 is 0. The van der Waals surface area contributed by atoms with Gasteiger partial charge in [-0.15, -0.1) is 0 Å². The van der Waals surface area contributed by atoms with Gasteiger partial charge in [0.05, 0.1) is 5.56 Å². The second-order valence-electron chi connectivity index (χ2n) is 4.53. The van der Waals surface area contributed by atoms with Crippen LogP contribution in [0.25, 0.3) is 0 Å². The number of ether oxygens (including phenoxy) is 1. The Morgan fingerprint density at radius 1 is 1.00 bits per heavy atom. The van der Waals surface area contributed by atoms with E-state index in [0.29, 0.717) is 16.9 Å². The van der Waals surface area contributed by atoms with Gasteiger partial charge in [-0.25, -0.2) is 4.79 Å². The minimum atomic E-state index is -0.416. The lowest BCUT2D eigenvalue weighted by molar-refractivity contribution is 0.0734. The van der Waals surface area contributed by atoms with E-state index < -0.39 is 5.97 Å². The Hall–Kier alpha value is -2.68. The molecule has 2 rings (SSSR count). The van der Waals surface area contributed by atoms with E-state index in [1.165, 1.54) is 11.6 Å². The largest absolute Gasteiger partial charge is 0.423 e. The number of hydrogen-bond acceptors (Lipinski definition) is 3. The van der Waals surface area contributed by atoms with Crippen LogP contribution in [0.2, 0.25) is 0 Å². The summed E-state index contributed by atoms with van der Waals surface area (Å²) in [6.07, 6.45) is 2.17. The van der Waals surface area contributed by atoms with E-state index in [-0.39, 0.29) is 5.78 Å². The van der Waals surface area contributed by atoms with Crippen LogP contribution >= 0.6 is 0 Å². The minimum absolute atomic E-state index is 0.164. The Labute approximate surface area is 123 Å². The number of ketones is 1. The molecule has 0 unspecified atom stereocenters. The molecule has 106 valence electrons. The first-order valence-corrected chi connectivity index (χ1v) is 6.72.